The maximum Gasteiger partial charge on any atom is 0.161 e. The number of Topliss-reactive ketones (excluding diaryl/α,β-unsaturated/α-hetero) is 1. The first kappa shape index (κ1) is 21.9. The van der Waals surface area contributed by atoms with Crippen LogP contribution >= 0.6 is 0 Å². The van der Waals surface area contributed by atoms with Gasteiger partial charge in [-0.15, -0.1) is 0 Å². The molecular weight excluding hydrogens is 378 g/mol. The lowest BCUT2D eigenvalue weighted by atomic mass is 10.1. The Hall–Kier alpha value is -2.81. The number of carbonyl (C=O) groups is 1. The first-order valence-electron chi connectivity index (χ1n) is 10.3. The molecule has 0 aromatic heterocycles. The topological polar surface area (TPSA) is 48.0 Å². The monoisotopic (exact) mass is 407 g/mol. The van der Waals surface area contributed by atoms with E-state index in [1.165, 1.54) is 0 Å². The van der Waals surface area contributed by atoms with E-state index in [1.54, 1.807) is 14.0 Å². The van der Waals surface area contributed by atoms with Crippen LogP contribution < -0.4 is 9.47 Å². The van der Waals surface area contributed by atoms with Crippen LogP contribution in [0.5, 0.6) is 11.5 Å². The number of rotatable bonds is 8. The Labute approximate surface area is 178 Å². The molecule has 2 aromatic carbocycles. The van der Waals surface area contributed by atoms with Gasteiger partial charge in [-0.05, 0) is 43.2 Å². The molecule has 30 heavy (non-hydrogen) atoms. The maximum absolute atomic E-state index is 11.2. The lowest BCUT2D eigenvalue weighted by Crippen LogP contribution is -2.45. The van der Waals surface area contributed by atoms with Gasteiger partial charge >= 0.3 is 0 Å². The third-order valence-electron chi connectivity index (χ3n) is 4.95. The summed E-state index contributed by atoms with van der Waals surface area (Å²) in [5.41, 5.74) is 2.09. The Morgan fingerprint density at radius 2 is 2.03 bits per heavy atom. The van der Waals surface area contributed by atoms with Gasteiger partial charge in [-0.3, -0.25) is 4.90 Å². The van der Waals surface area contributed by atoms with Gasteiger partial charge in [0.2, 0.25) is 0 Å². The number of carbonyl (C=O) groups excluding carboxylic acids is 1. The molecule has 1 atom stereocenters. The summed E-state index contributed by atoms with van der Waals surface area (Å²) in [6.07, 6.45) is 1.22. The Morgan fingerprint density at radius 1 is 1.20 bits per heavy atom. The highest BCUT2D eigenvalue weighted by Gasteiger charge is 2.21. The second-order valence-corrected chi connectivity index (χ2v) is 7.39. The van der Waals surface area contributed by atoms with Crippen molar-refractivity contribution in [1.29, 1.82) is 0 Å². The first-order valence-corrected chi connectivity index (χ1v) is 10.3. The molecule has 0 spiro atoms. The predicted molar refractivity (Wildman–Crippen MR) is 117 cm³/mol. The molecule has 2 aromatic rings. The van der Waals surface area contributed by atoms with Crippen molar-refractivity contribution < 1.29 is 19.0 Å². The number of hydrogen-bond donors (Lipinski definition) is 0. The minimum absolute atomic E-state index is 0.0145. The molecule has 5 nitrogen and oxygen atoms in total. The summed E-state index contributed by atoms with van der Waals surface area (Å²) in [4.78, 5) is 13.5. The number of benzene rings is 2. The van der Waals surface area contributed by atoms with E-state index < -0.39 is 0 Å². The number of hydrogen-bond acceptors (Lipinski definition) is 5. The highest BCUT2D eigenvalue weighted by Crippen LogP contribution is 2.29. The number of ketones is 1. The zero-order valence-electron chi connectivity index (χ0n) is 17.7. The summed E-state index contributed by atoms with van der Waals surface area (Å²) in [5.74, 6) is 8.00. The van der Waals surface area contributed by atoms with Crippen molar-refractivity contribution in [3.8, 4) is 23.3 Å². The van der Waals surface area contributed by atoms with Crippen molar-refractivity contribution in [1.82, 2.24) is 4.90 Å². The molecule has 0 bridgehead atoms. The third kappa shape index (κ3) is 6.91. The SMILES string of the molecule is COc1cc(CCC(C)=O)ccc1OCC1CN(CC#Cc2ccccc2)CCO1. The van der Waals surface area contributed by atoms with Crippen LogP contribution in [0.15, 0.2) is 48.5 Å². The van der Waals surface area contributed by atoms with Crippen LogP contribution in [0.4, 0.5) is 0 Å². The first-order chi connectivity index (χ1) is 14.6. The van der Waals surface area contributed by atoms with Crippen molar-refractivity contribution in [2.45, 2.75) is 25.9 Å². The second-order valence-electron chi connectivity index (χ2n) is 7.39. The van der Waals surface area contributed by atoms with E-state index in [2.05, 4.69) is 16.7 Å². The van der Waals surface area contributed by atoms with Crippen LogP contribution in [-0.2, 0) is 16.0 Å². The van der Waals surface area contributed by atoms with E-state index in [0.29, 0.717) is 44.1 Å². The number of methoxy groups -OCH3 is 1. The lowest BCUT2D eigenvalue weighted by molar-refractivity contribution is -0.116. The molecule has 1 unspecified atom stereocenters. The predicted octanol–water partition coefficient (Wildman–Crippen LogP) is 3.35. The molecule has 0 aliphatic carbocycles. The molecule has 5 heteroatoms. The van der Waals surface area contributed by atoms with Gasteiger partial charge in [0, 0.05) is 25.1 Å². The number of aryl methyl sites for hydroxylation is 1. The molecule has 1 heterocycles. The van der Waals surface area contributed by atoms with Crippen molar-refractivity contribution in [2.24, 2.45) is 0 Å². The van der Waals surface area contributed by atoms with Crippen molar-refractivity contribution >= 4 is 5.78 Å². The standard InChI is InChI=1S/C25H29NO4/c1-20(27)10-11-22-12-13-24(25(17-22)28-2)30-19-23-18-26(15-16-29-23)14-6-9-21-7-4-3-5-8-21/h3-5,7-8,12-13,17,23H,10-11,14-16,18-19H2,1-2H3. The number of nitrogens with zero attached hydrogens (tertiary/aromatic N) is 1. The molecule has 1 aliphatic rings. The largest absolute Gasteiger partial charge is 0.493 e. The molecule has 0 saturated carbocycles. The highest BCUT2D eigenvalue weighted by molar-refractivity contribution is 5.75. The van der Waals surface area contributed by atoms with Crippen LogP contribution in [-0.4, -0.2) is 56.7 Å². The fourth-order valence-corrected chi connectivity index (χ4v) is 3.29. The zero-order chi connectivity index (χ0) is 21.2. The number of morpholine rings is 1. The smallest absolute Gasteiger partial charge is 0.161 e. The summed E-state index contributed by atoms with van der Waals surface area (Å²) >= 11 is 0. The minimum Gasteiger partial charge on any atom is -0.493 e. The zero-order valence-corrected chi connectivity index (χ0v) is 17.7. The normalized spacial score (nSPS) is 16.4. The summed E-state index contributed by atoms with van der Waals surface area (Å²) < 4.78 is 17.3. The fourth-order valence-electron chi connectivity index (χ4n) is 3.29. The molecule has 0 N–H and O–H groups in total. The van der Waals surface area contributed by atoms with E-state index in [4.69, 9.17) is 14.2 Å². The van der Waals surface area contributed by atoms with Crippen molar-refractivity contribution in [2.75, 3.05) is 40.0 Å². The maximum atomic E-state index is 11.2. The summed E-state index contributed by atoms with van der Waals surface area (Å²) in [6, 6.07) is 15.8. The van der Waals surface area contributed by atoms with Gasteiger partial charge in [0.05, 0.1) is 20.3 Å². The lowest BCUT2D eigenvalue weighted by Gasteiger charge is -2.31. The molecular formula is C25H29NO4. The second kappa shape index (κ2) is 11.4. The molecule has 158 valence electrons. The van der Waals surface area contributed by atoms with Gasteiger partial charge in [-0.2, -0.15) is 0 Å². The van der Waals surface area contributed by atoms with Crippen LogP contribution in [0.1, 0.15) is 24.5 Å². The van der Waals surface area contributed by atoms with Crippen molar-refractivity contribution in [3.05, 3.63) is 59.7 Å². The summed E-state index contributed by atoms with van der Waals surface area (Å²) in [5, 5.41) is 0. The van der Waals surface area contributed by atoms with E-state index >= 15 is 0 Å². The Morgan fingerprint density at radius 3 is 2.80 bits per heavy atom. The molecule has 0 amide bonds. The molecule has 1 fully saturated rings. The minimum atomic E-state index is -0.0145. The molecule has 1 saturated heterocycles. The Kier molecular flexibility index (Phi) is 8.31. The van der Waals surface area contributed by atoms with Gasteiger partial charge in [0.1, 0.15) is 18.5 Å². The van der Waals surface area contributed by atoms with E-state index in [9.17, 15) is 4.79 Å². The van der Waals surface area contributed by atoms with Gasteiger partial charge < -0.3 is 19.0 Å². The molecule has 3 rings (SSSR count). The van der Waals surface area contributed by atoms with Gasteiger partial charge in [0.15, 0.2) is 11.5 Å². The fraction of sp³-hybridized carbons (Fsp3) is 0.400. The van der Waals surface area contributed by atoms with Crippen LogP contribution in [0.25, 0.3) is 0 Å². The Bertz CT molecular complexity index is 885. The number of ether oxygens (including phenoxy) is 3. The van der Waals surface area contributed by atoms with Gasteiger partial charge in [-0.25, -0.2) is 0 Å². The average molecular weight is 408 g/mol. The molecule has 0 radical (unpaired) electrons. The van der Waals surface area contributed by atoms with Crippen LogP contribution in [0.2, 0.25) is 0 Å². The van der Waals surface area contributed by atoms with E-state index in [-0.39, 0.29) is 11.9 Å². The third-order valence-corrected chi connectivity index (χ3v) is 4.95. The summed E-state index contributed by atoms with van der Waals surface area (Å²) in [6.45, 7) is 5.09. The highest BCUT2D eigenvalue weighted by atomic mass is 16.5. The Balaban J connectivity index is 1.50. The molecule has 1 aliphatic heterocycles. The van der Waals surface area contributed by atoms with Crippen molar-refractivity contribution in [3.63, 3.8) is 0 Å². The van der Waals surface area contributed by atoms with Crippen LogP contribution in [0, 0.1) is 11.8 Å². The average Bonchev–Trinajstić information content (AvgIpc) is 2.77. The van der Waals surface area contributed by atoms with Gasteiger partial charge in [-0.1, -0.05) is 36.1 Å². The van der Waals surface area contributed by atoms with Crippen LogP contribution in [0.3, 0.4) is 0 Å². The van der Waals surface area contributed by atoms with E-state index in [1.807, 2.05) is 48.5 Å². The quantitative estimate of drug-likeness (QED) is 0.628. The van der Waals surface area contributed by atoms with E-state index in [0.717, 1.165) is 24.2 Å². The summed E-state index contributed by atoms with van der Waals surface area (Å²) in [7, 11) is 1.63. The van der Waals surface area contributed by atoms with Gasteiger partial charge in [0.25, 0.3) is 0 Å².